The Balaban J connectivity index is 3.65. The molecular weight excluding hydrogens is 206 g/mol. The lowest BCUT2D eigenvalue weighted by molar-refractivity contribution is -0.422. The van der Waals surface area contributed by atoms with Crippen LogP contribution in [0.4, 0.5) is 17.1 Å². The van der Waals surface area contributed by atoms with Crippen LogP contribution in [0.5, 0.6) is 5.75 Å². The van der Waals surface area contributed by atoms with E-state index in [4.69, 9.17) is 5.73 Å². The Morgan fingerprint density at radius 1 is 1.33 bits per heavy atom. The van der Waals surface area contributed by atoms with E-state index in [2.05, 4.69) is 0 Å². The molecule has 80 valence electrons. The van der Waals surface area contributed by atoms with Gasteiger partial charge in [0.15, 0.2) is 0 Å². The minimum absolute atomic E-state index is 0.119. The molecule has 0 fully saturated rings. The Morgan fingerprint density at radius 2 is 1.87 bits per heavy atom. The Kier molecular flexibility index (Phi) is 2.43. The monoisotopic (exact) mass is 213 g/mol. The van der Waals surface area contributed by atoms with E-state index >= 15 is 0 Å². The first-order valence-corrected chi connectivity index (χ1v) is 3.77. The molecule has 0 saturated heterocycles. The van der Waals surface area contributed by atoms with Crippen LogP contribution in [0, 0.1) is 27.2 Å². The van der Waals surface area contributed by atoms with Gasteiger partial charge < -0.3 is 10.8 Å². The maximum Gasteiger partial charge on any atom is 0.351 e. The largest absolute Gasteiger partial charge is 0.506 e. The van der Waals surface area contributed by atoms with Crippen LogP contribution in [0.15, 0.2) is 6.07 Å². The summed E-state index contributed by atoms with van der Waals surface area (Å²) < 4.78 is 0. The summed E-state index contributed by atoms with van der Waals surface area (Å²) in [5, 5.41) is 30.2. The quantitative estimate of drug-likeness (QED) is 0.327. The van der Waals surface area contributed by atoms with Gasteiger partial charge in [-0.15, -0.1) is 0 Å². The maximum atomic E-state index is 10.6. The molecule has 0 heterocycles. The highest BCUT2D eigenvalue weighted by atomic mass is 16.6. The summed E-state index contributed by atoms with van der Waals surface area (Å²) in [4.78, 5) is 19.2. The number of anilines is 1. The second-order valence-electron chi connectivity index (χ2n) is 2.82. The molecule has 0 unspecified atom stereocenters. The number of phenols is 1. The van der Waals surface area contributed by atoms with E-state index in [9.17, 15) is 25.3 Å². The molecular formula is C7H7N3O5. The molecule has 8 nitrogen and oxygen atoms in total. The fourth-order valence-corrected chi connectivity index (χ4v) is 1.16. The number of nitro benzene ring substituents is 2. The lowest BCUT2D eigenvalue weighted by Crippen LogP contribution is -2.02. The summed E-state index contributed by atoms with van der Waals surface area (Å²) in [5.41, 5.74) is 3.49. The van der Waals surface area contributed by atoms with Gasteiger partial charge in [-0.3, -0.25) is 20.2 Å². The van der Waals surface area contributed by atoms with Crippen molar-refractivity contribution in [3.05, 3.63) is 31.9 Å². The number of hydrogen-bond acceptors (Lipinski definition) is 6. The zero-order valence-corrected chi connectivity index (χ0v) is 7.63. The Morgan fingerprint density at radius 3 is 2.27 bits per heavy atom. The van der Waals surface area contributed by atoms with Gasteiger partial charge in [-0.1, -0.05) is 0 Å². The van der Waals surface area contributed by atoms with Gasteiger partial charge in [0.2, 0.25) is 0 Å². The van der Waals surface area contributed by atoms with Crippen molar-refractivity contribution in [2.45, 2.75) is 6.92 Å². The summed E-state index contributed by atoms with van der Waals surface area (Å²) in [6, 6.07) is 0.667. The number of hydrogen-bond donors (Lipinski definition) is 2. The van der Waals surface area contributed by atoms with Gasteiger partial charge in [-0.05, 0) is 6.92 Å². The maximum absolute atomic E-state index is 10.6. The van der Waals surface area contributed by atoms with Crippen LogP contribution in [0.25, 0.3) is 0 Å². The third kappa shape index (κ3) is 1.64. The van der Waals surface area contributed by atoms with Crippen LogP contribution < -0.4 is 5.73 Å². The van der Waals surface area contributed by atoms with Crippen molar-refractivity contribution in [2.24, 2.45) is 0 Å². The van der Waals surface area contributed by atoms with Crippen LogP contribution in [0.3, 0.4) is 0 Å². The van der Waals surface area contributed by atoms with E-state index < -0.39 is 27.0 Å². The van der Waals surface area contributed by atoms with Crippen molar-refractivity contribution in [3.63, 3.8) is 0 Å². The third-order valence-electron chi connectivity index (χ3n) is 1.93. The summed E-state index contributed by atoms with van der Waals surface area (Å²) in [6.07, 6.45) is 0. The van der Waals surface area contributed by atoms with E-state index in [0.717, 1.165) is 0 Å². The fraction of sp³-hybridized carbons (Fsp3) is 0.143. The molecule has 0 radical (unpaired) electrons. The summed E-state index contributed by atoms with van der Waals surface area (Å²) >= 11 is 0. The highest BCUT2D eigenvalue weighted by Gasteiger charge is 2.30. The summed E-state index contributed by atoms with van der Waals surface area (Å²) in [6.45, 7) is 1.24. The SMILES string of the molecule is Cc1c(N)c(O)cc([N+](=O)[O-])c1[N+](=O)[O-]. The van der Waals surface area contributed by atoms with Gasteiger partial charge in [0, 0.05) is 0 Å². The molecule has 15 heavy (non-hydrogen) atoms. The first kappa shape index (κ1) is 10.7. The third-order valence-corrected chi connectivity index (χ3v) is 1.93. The molecule has 0 aliphatic carbocycles. The second-order valence-corrected chi connectivity index (χ2v) is 2.82. The molecule has 0 saturated carbocycles. The lowest BCUT2D eigenvalue weighted by atomic mass is 10.1. The minimum Gasteiger partial charge on any atom is -0.506 e. The van der Waals surface area contributed by atoms with Crippen molar-refractivity contribution in [1.29, 1.82) is 0 Å². The number of aromatic hydroxyl groups is 1. The molecule has 1 aromatic carbocycles. The van der Waals surface area contributed by atoms with Gasteiger partial charge in [0.05, 0.1) is 27.2 Å². The topological polar surface area (TPSA) is 133 Å². The van der Waals surface area contributed by atoms with E-state index in [0.29, 0.717) is 6.07 Å². The van der Waals surface area contributed by atoms with Crippen LogP contribution in [-0.2, 0) is 0 Å². The van der Waals surface area contributed by atoms with Crippen LogP contribution in [0.1, 0.15) is 5.56 Å². The van der Waals surface area contributed by atoms with E-state index in [1.807, 2.05) is 0 Å². The molecule has 0 spiro atoms. The number of rotatable bonds is 2. The number of nitrogens with zero attached hydrogens (tertiary/aromatic N) is 2. The van der Waals surface area contributed by atoms with Crippen LogP contribution in [-0.4, -0.2) is 15.0 Å². The standard InChI is InChI=1S/C7H7N3O5/c1-3-6(8)5(11)2-4(9(12)13)7(3)10(14)15/h2,11H,8H2,1H3. The van der Waals surface area contributed by atoms with E-state index in [-0.39, 0.29) is 11.3 Å². The predicted molar refractivity (Wildman–Crippen MR) is 50.6 cm³/mol. The number of nitro groups is 2. The summed E-state index contributed by atoms with van der Waals surface area (Å²) in [5.74, 6) is -0.537. The number of nitrogens with two attached hydrogens (primary N) is 1. The molecule has 8 heteroatoms. The smallest absolute Gasteiger partial charge is 0.351 e. The Hall–Kier alpha value is -2.38. The zero-order chi connectivity index (χ0) is 11.7. The van der Waals surface area contributed by atoms with Gasteiger partial charge >= 0.3 is 11.4 Å². The van der Waals surface area contributed by atoms with Gasteiger partial charge in [-0.25, -0.2) is 0 Å². The van der Waals surface area contributed by atoms with Crippen molar-refractivity contribution in [1.82, 2.24) is 0 Å². The van der Waals surface area contributed by atoms with E-state index in [1.165, 1.54) is 6.92 Å². The highest BCUT2D eigenvalue weighted by Crippen LogP contribution is 2.39. The van der Waals surface area contributed by atoms with Crippen LogP contribution >= 0.6 is 0 Å². The molecule has 0 aliphatic rings. The van der Waals surface area contributed by atoms with E-state index in [1.54, 1.807) is 0 Å². The van der Waals surface area contributed by atoms with Crippen molar-refractivity contribution in [2.75, 3.05) is 5.73 Å². The van der Waals surface area contributed by atoms with Gasteiger partial charge in [0.1, 0.15) is 5.75 Å². The average molecular weight is 213 g/mol. The van der Waals surface area contributed by atoms with Gasteiger partial charge in [0.25, 0.3) is 0 Å². The average Bonchev–Trinajstić information content (AvgIpc) is 2.12. The van der Waals surface area contributed by atoms with Crippen LogP contribution in [0.2, 0.25) is 0 Å². The fourth-order valence-electron chi connectivity index (χ4n) is 1.16. The number of phenolic OH excluding ortho intramolecular Hbond substituents is 1. The van der Waals surface area contributed by atoms with Crippen molar-refractivity contribution >= 4 is 17.1 Å². The molecule has 0 aromatic heterocycles. The van der Waals surface area contributed by atoms with Crippen molar-refractivity contribution in [3.8, 4) is 5.75 Å². The second kappa shape index (κ2) is 3.40. The Labute approximate surface area is 83.2 Å². The molecule has 0 amide bonds. The molecule has 1 rings (SSSR count). The van der Waals surface area contributed by atoms with Gasteiger partial charge in [-0.2, -0.15) is 0 Å². The number of benzene rings is 1. The molecule has 0 atom stereocenters. The highest BCUT2D eigenvalue weighted by molar-refractivity contribution is 5.73. The Bertz CT molecular complexity index is 456. The summed E-state index contributed by atoms with van der Waals surface area (Å²) in [7, 11) is 0. The zero-order valence-electron chi connectivity index (χ0n) is 7.63. The molecule has 3 N–H and O–H groups in total. The molecule has 0 bridgehead atoms. The normalized spacial score (nSPS) is 9.93. The number of nitrogen functional groups attached to an aromatic ring is 1. The minimum atomic E-state index is -0.940. The first-order chi connectivity index (χ1) is 6.86. The molecule has 0 aliphatic heterocycles. The first-order valence-electron chi connectivity index (χ1n) is 3.77. The lowest BCUT2D eigenvalue weighted by Gasteiger charge is -2.04. The predicted octanol–water partition coefficient (Wildman–Crippen LogP) is 1.10. The molecule has 1 aromatic rings. The van der Waals surface area contributed by atoms with Crippen molar-refractivity contribution < 1.29 is 15.0 Å².